The van der Waals surface area contributed by atoms with Gasteiger partial charge >= 0.3 is 0 Å². The smallest absolute Gasteiger partial charge is 0.196 e. The summed E-state index contributed by atoms with van der Waals surface area (Å²) in [5.41, 5.74) is 0. The fourth-order valence-corrected chi connectivity index (χ4v) is 4.99. The number of carbonyl (C=O) groups excluding carboxylic acids is 1. The molecular formula is C9H14OS2. The Kier molecular flexibility index (Phi) is 2.43. The number of fused-ring (bicyclic) bond motifs is 2. The van der Waals surface area contributed by atoms with E-state index >= 15 is 0 Å². The zero-order valence-electron chi connectivity index (χ0n) is 7.34. The quantitative estimate of drug-likeness (QED) is 0.640. The van der Waals surface area contributed by atoms with E-state index < -0.39 is 0 Å². The van der Waals surface area contributed by atoms with Crippen LogP contribution in [0.15, 0.2) is 0 Å². The molecule has 0 aromatic carbocycles. The Bertz CT molecular complexity index is 195. The van der Waals surface area contributed by atoms with Crippen LogP contribution < -0.4 is 0 Å². The molecule has 0 aliphatic heterocycles. The first kappa shape index (κ1) is 8.95. The molecule has 12 heavy (non-hydrogen) atoms. The zero-order chi connectivity index (χ0) is 8.60. The summed E-state index contributed by atoms with van der Waals surface area (Å²) in [6, 6.07) is 0. The van der Waals surface area contributed by atoms with Crippen molar-refractivity contribution in [2.24, 2.45) is 5.92 Å². The van der Waals surface area contributed by atoms with Gasteiger partial charge in [-0.2, -0.15) is 0 Å². The van der Waals surface area contributed by atoms with Gasteiger partial charge in [0.1, 0.15) is 0 Å². The second kappa shape index (κ2) is 3.26. The van der Waals surface area contributed by atoms with Crippen molar-refractivity contribution in [3.05, 3.63) is 0 Å². The van der Waals surface area contributed by atoms with Crippen LogP contribution in [0.3, 0.4) is 0 Å². The lowest BCUT2D eigenvalue weighted by atomic mass is 10.0. The maximum Gasteiger partial charge on any atom is 0.196 e. The predicted molar refractivity (Wildman–Crippen MR) is 55.2 cm³/mol. The van der Waals surface area contributed by atoms with Crippen LogP contribution in [0.25, 0.3) is 0 Å². The predicted octanol–water partition coefficient (Wildman–Crippen LogP) is 3.25. The lowest BCUT2D eigenvalue weighted by Gasteiger charge is -2.23. The standard InChI is InChI=1S/C9H14OS2/c1-7(10)11-12-9-4-2-8(6-9)3-5-9/h8H,2-6H2,1H3. The summed E-state index contributed by atoms with van der Waals surface area (Å²) in [4.78, 5) is 10.8. The minimum Gasteiger partial charge on any atom is -0.287 e. The summed E-state index contributed by atoms with van der Waals surface area (Å²) in [6.07, 6.45) is 6.89. The molecule has 2 aliphatic carbocycles. The molecule has 3 heteroatoms. The lowest BCUT2D eigenvalue weighted by Crippen LogP contribution is -2.15. The molecule has 2 saturated carbocycles. The molecule has 2 bridgehead atoms. The molecule has 0 heterocycles. The van der Waals surface area contributed by atoms with Gasteiger partial charge in [-0.05, 0) is 48.8 Å². The second-order valence-corrected chi connectivity index (χ2v) is 6.76. The van der Waals surface area contributed by atoms with E-state index in [2.05, 4.69) is 0 Å². The lowest BCUT2D eigenvalue weighted by molar-refractivity contribution is -0.109. The first-order chi connectivity index (χ1) is 5.70. The minimum atomic E-state index is 0.254. The van der Waals surface area contributed by atoms with Crippen LogP contribution in [0.4, 0.5) is 0 Å². The van der Waals surface area contributed by atoms with Gasteiger partial charge < -0.3 is 0 Å². The molecule has 0 saturated heterocycles. The molecule has 0 unspecified atom stereocenters. The average molecular weight is 202 g/mol. The van der Waals surface area contributed by atoms with Gasteiger partial charge in [-0.1, -0.05) is 10.8 Å². The summed E-state index contributed by atoms with van der Waals surface area (Å²) >= 11 is 0. The Morgan fingerprint density at radius 3 is 2.50 bits per heavy atom. The molecule has 2 fully saturated rings. The van der Waals surface area contributed by atoms with Crippen molar-refractivity contribution in [1.82, 2.24) is 0 Å². The highest BCUT2D eigenvalue weighted by Crippen LogP contribution is 2.58. The normalized spacial score (nSPS) is 38.9. The van der Waals surface area contributed by atoms with Crippen LogP contribution in [-0.2, 0) is 4.79 Å². The van der Waals surface area contributed by atoms with Crippen LogP contribution in [0.1, 0.15) is 39.0 Å². The van der Waals surface area contributed by atoms with Gasteiger partial charge in [0.05, 0.1) is 0 Å². The number of rotatable bonds is 2. The Morgan fingerprint density at radius 2 is 2.08 bits per heavy atom. The van der Waals surface area contributed by atoms with E-state index in [0.29, 0.717) is 4.75 Å². The van der Waals surface area contributed by atoms with Crippen molar-refractivity contribution in [2.75, 3.05) is 0 Å². The molecule has 0 N–H and O–H groups in total. The highest BCUT2D eigenvalue weighted by atomic mass is 33.1. The van der Waals surface area contributed by atoms with Crippen molar-refractivity contribution in [3.8, 4) is 0 Å². The summed E-state index contributed by atoms with van der Waals surface area (Å²) in [5, 5.41) is 0.254. The van der Waals surface area contributed by atoms with E-state index in [1.807, 2.05) is 10.8 Å². The minimum absolute atomic E-state index is 0.254. The van der Waals surface area contributed by atoms with E-state index in [1.54, 1.807) is 6.92 Å². The van der Waals surface area contributed by atoms with Gasteiger partial charge in [0.25, 0.3) is 0 Å². The number of hydrogen-bond acceptors (Lipinski definition) is 3. The molecule has 0 amide bonds. The Morgan fingerprint density at radius 1 is 1.42 bits per heavy atom. The first-order valence-electron chi connectivity index (χ1n) is 4.56. The Labute approximate surface area is 81.5 Å². The van der Waals surface area contributed by atoms with E-state index in [0.717, 1.165) is 5.92 Å². The van der Waals surface area contributed by atoms with E-state index in [9.17, 15) is 4.79 Å². The third kappa shape index (κ3) is 1.67. The maximum atomic E-state index is 10.8. The maximum absolute atomic E-state index is 10.8. The highest BCUT2D eigenvalue weighted by molar-refractivity contribution is 8.82. The van der Waals surface area contributed by atoms with Crippen LogP contribution in [0, 0.1) is 5.92 Å². The van der Waals surface area contributed by atoms with Crippen LogP contribution in [-0.4, -0.2) is 9.86 Å². The van der Waals surface area contributed by atoms with Gasteiger partial charge in [-0.3, -0.25) is 4.79 Å². The van der Waals surface area contributed by atoms with Gasteiger partial charge in [-0.25, -0.2) is 0 Å². The van der Waals surface area contributed by atoms with E-state index in [-0.39, 0.29) is 5.12 Å². The van der Waals surface area contributed by atoms with Crippen molar-refractivity contribution in [3.63, 3.8) is 0 Å². The topological polar surface area (TPSA) is 17.1 Å². The number of hydrogen-bond donors (Lipinski definition) is 0. The molecule has 0 aromatic rings. The monoisotopic (exact) mass is 202 g/mol. The van der Waals surface area contributed by atoms with Gasteiger partial charge in [0.15, 0.2) is 5.12 Å². The molecule has 0 radical (unpaired) electrons. The average Bonchev–Trinajstić information content (AvgIpc) is 2.60. The Balaban J connectivity index is 1.90. The summed E-state index contributed by atoms with van der Waals surface area (Å²) in [7, 11) is 3.30. The molecule has 2 aliphatic rings. The van der Waals surface area contributed by atoms with E-state index in [4.69, 9.17) is 0 Å². The van der Waals surface area contributed by atoms with Crippen molar-refractivity contribution >= 4 is 26.7 Å². The Hall–Kier alpha value is 0.370. The molecule has 0 aromatic heterocycles. The molecule has 68 valence electrons. The third-order valence-corrected chi connectivity index (χ3v) is 6.27. The van der Waals surface area contributed by atoms with Crippen LogP contribution in [0.2, 0.25) is 0 Å². The SMILES string of the molecule is CC(=O)SSC12CCC(CC1)C2. The van der Waals surface area contributed by atoms with Gasteiger partial charge in [-0.15, -0.1) is 0 Å². The highest BCUT2D eigenvalue weighted by Gasteiger charge is 2.45. The van der Waals surface area contributed by atoms with Crippen LogP contribution in [0.5, 0.6) is 0 Å². The zero-order valence-corrected chi connectivity index (χ0v) is 8.97. The van der Waals surface area contributed by atoms with Gasteiger partial charge in [0.2, 0.25) is 0 Å². The fourth-order valence-electron chi connectivity index (χ4n) is 2.40. The first-order valence-corrected chi connectivity index (χ1v) is 6.71. The van der Waals surface area contributed by atoms with Crippen LogP contribution >= 0.6 is 21.6 Å². The number of carbonyl (C=O) groups is 1. The van der Waals surface area contributed by atoms with Gasteiger partial charge in [0, 0.05) is 11.7 Å². The summed E-state index contributed by atoms with van der Waals surface area (Å²) in [6.45, 7) is 1.66. The largest absolute Gasteiger partial charge is 0.287 e. The third-order valence-electron chi connectivity index (χ3n) is 3.01. The van der Waals surface area contributed by atoms with E-state index in [1.165, 1.54) is 42.9 Å². The van der Waals surface area contributed by atoms with Crippen molar-refractivity contribution in [2.45, 2.75) is 43.8 Å². The molecule has 0 spiro atoms. The molecule has 2 rings (SSSR count). The molecular weight excluding hydrogens is 188 g/mol. The van der Waals surface area contributed by atoms with Crippen molar-refractivity contribution in [1.29, 1.82) is 0 Å². The summed E-state index contributed by atoms with van der Waals surface area (Å²) in [5.74, 6) is 0.991. The van der Waals surface area contributed by atoms with Crippen molar-refractivity contribution < 1.29 is 4.79 Å². The molecule has 1 nitrogen and oxygen atoms in total. The molecule has 0 atom stereocenters. The second-order valence-electron chi connectivity index (χ2n) is 3.99. The fraction of sp³-hybridized carbons (Fsp3) is 0.889. The summed E-state index contributed by atoms with van der Waals surface area (Å²) < 4.78 is 0.501.